The number of halogens is 4. The number of alkyl halides is 3. The third kappa shape index (κ3) is 9.12. The predicted molar refractivity (Wildman–Crippen MR) is 159 cm³/mol. The summed E-state index contributed by atoms with van der Waals surface area (Å²) in [6, 6.07) is 10.6. The molecule has 7 nitrogen and oxygen atoms in total. The van der Waals surface area contributed by atoms with Gasteiger partial charge < -0.3 is 15.1 Å². The molecule has 0 atom stereocenters. The topological polar surface area (TPSA) is 77.0 Å². The van der Waals surface area contributed by atoms with Gasteiger partial charge in [-0.15, -0.1) is 11.3 Å². The minimum Gasteiger partial charge on any atom is -0.313 e. The highest BCUT2D eigenvalue weighted by Gasteiger charge is 2.33. The summed E-state index contributed by atoms with van der Waals surface area (Å²) in [5, 5.41) is 8.24. The molecule has 12 heteroatoms. The van der Waals surface area contributed by atoms with Gasteiger partial charge in [-0.05, 0) is 73.4 Å². The summed E-state index contributed by atoms with van der Waals surface area (Å²) in [5.41, 5.74) is 3.72. The molecule has 220 valence electrons. The van der Waals surface area contributed by atoms with Crippen molar-refractivity contribution in [2.75, 3.05) is 38.5 Å². The highest BCUT2D eigenvalue weighted by Crippen LogP contribution is 2.35. The zero-order chi connectivity index (χ0) is 30.2. The Kier molecular flexibility index (Phi) is 11.5. The molecule has 1 aromatic heterocycles. The van der Waals surface area contributed by atoms with Crippen molar-refractivity contribution < 1.29 is 22.8 Å². The molecule has 0 aliphatic heterocycles. The van der Waals surface area contributed by atoms with E-state index in [1.54, 1.807) is 18.4 Å². The molecule has 0 bridgehead atoms. The van der Waals surface area contributed by atoms with Crippen LogP contribution in [0.25, 0.3) is 0 Å². The fourth-order valence-corrected chi connectivity index (χ4v) is 5.27. The van der Waals surface area contributed by atoms with Crippen LogP contribution in [0.1, 0.15) is 56.8 Å². The third-order valence-corrected chi connectivity index (χ3v) is 7.78. The smallest absolute Gasteiger partial charge is 0.313 e. The van der Waals surface area contributed by atoms with E-state index in [2.05, 4.69) is 39.5 Å². The first-order valence-electron chi connectivity index (χ1n) is 13.0. The van der Waals surface area contributed by atoms with Crippen molar-refractivity contribution in [3.05, 3.63) is 86.2 Å². The van der Waals surface area contributed by atoms with Crippen molar-refractivity contribution in [3.8, 4) is 0 Å². The summed E-state index contributed by atoms with van der Waals surface area (Å²) >= 11 is 6.84. The van der Waals surface area contributed by atoms with E-state index in [-0.39, 0.29) is 17.0 Å². The van der Waals surface area contributed by atoms with Gasteiger partial charge in [-0.2, -0.15) is 18.3 Å². The Morgan fingerprint density at radius 1 is 1.07 bits per heavy atom. The van der Waals surface area contributed by atoms with E-state index in [9.17, 15) is 22.8 Å². The van der Waals surface area contributed by atoms with E-state index in [1.165, 1.54) is 17.4 Å². The number of nitrogens with one attached hydrogen (secondary N) is 2. The van der Waals surface area contributed by atoms with Crippen LogP contribution in [0.2, 0.25) is 5.02 Å². The summed E-state index contributed by atoms with van der Waals surface area (Å²) in [7, 11) is 2.04. The molecule has 0 saturated heterocycles. The molecular weight excluding hydrogens is 575 g/mol. The molecule has 2 aromatic carbocycles. The van der Waals surface area contributed by atoms with Crippen LogP contribution in [-0.2, 0) is 12.7 Å². The number of anilines is 1. The second-order valence-electron chi connectivity index (χ2n) is 9.48. The van der Waals surface area contributed by atoms with Crippen LogP contribution < -0.4 is 10.7 Å². The SMILES string of the molecule is CCN(CC)CCN(C)Cc1cccc(C(=O)Nc2scc(C)c2C(=O)N/N=C\c2ccc(Cl)c(C(F)(F)F)c2)c1. The van der Waals surface area contributed by atoms with Crippen LogP contribution in [0.3, 0.4) is 0 Å². The van der Waals surface area contributed by atoms with Crippen LogP contribution in [0.5, 0.6) is 0 Å². The lowest BCUT2D eigenvalue weighted by Crippen LogP contribution is -2.32. The summed E-state index contributed by atoms with van der Waals surface area (Å²) in [6.07, 6.45) is -3.53. The minimum absolute atomic E-state index is 0.108. The highest BCUT2D eigenvalue weighted by atomic mass is 35.5. The van der Waals surface area contributed by atoms with Gasteiger partial charge in [0.1, 0.15) is 5.00 Å². The van der Waals surface area contributed by atoms with Gasteiger partial charge in [0, 0.05) is 25.2 Å². The van der Waals surface area contributed by atoms with Gasteiger partial charge in [0.05, 0.1) is 22.4 Å². The second-order valence-corrected chi connectivity index (χ2v) is 10.8. The van der Waals surface area contributed by atoms with Crippen molar-refractivity contribution in [2.24, 2.45) is 5.10 Å². The molecule has 0 unspecified atom stereocenters. The quantitative estimate of drug-likeness (QED) is 0.182. The van der Waals surface area contributed by atoms with Gasteiger partial charge in [0.2, 0.25) is 0 Å². The number of carbonyl (C=O) groups excluding carboxylic acids is 2. The average molecular weight is 608 g/mol. The summed E-state index contributed by atoms with van der Waals surface area (Å²) in [6.45, 7) is 10.5. The minimum atomic E-state index is -4.62. The van der Waals surface area contributed by atoms with E-state index >= 15 is 0 Å². The molecule has 0 aliphatic carbocycles. The van der Waals surface area contributed by atoms with Gasteiger partial charge in [-0.1, -0.05) is 43.6 Å². The Bertz CT molecular complexity index is 1390. The Hall–Kier alpha value is -3.25. The Morgan fingerprint density at radius 3 is 2.49 bits per heavy atom. The number of hydrazone groups is 1. The third-order valence-electron chi connectivity index (χ3n) is 6.44. The Balaban J connectivity index is 1.65. The molecule has 0 radical (unpaired) electrons. The molecule has 0 spiro atoms. The maximum atomic E-state index is 13.1. The zero-order valence-electron chi connectivity index (χ0n) is 23.3. The van der Waals surface area contributed by atoms with E-state index < -0.39 is 22.7 Å². The summed E-state index contributed by atoms with van der Waals surface area (Å²) in [5.74, 6) is -0.971. The Labute approximate surface area is 247 Å². The fourth-order valence-electron chi connectivity index (χ4n) is 4.11. The van der Waals surface area contributed by atoms with E-state index in [0.29, 0.717) is 22.7 Å². The molecule has 0 fully saturated rings. The molecule has 41 heavy (non-hydrogen) atoms. The first-order valence-corrected chi connectivity index (χ1v) is 14.3. The number of hydrogen-bond acceptors (Lipinski definition) is 6. The standard InChI is InChI=1S/C29H33ClF3N5O2S/c1-5-38(6-2)13-12-37(4)17-21-8-7-9-22(14-21)26(39)35-28-25(19(3)18-41-28)27(40)36-34-16-20-10-11-24(30)23(15-20)29(31,32)33/h7-11,14-16,18H,5-6,12-13,17H2,1-4H3,(H,35,39)(H,36,40)/b34-16-. The lowest BCUT2D eigenvalue weighted by atomic mass is 10.1. The number of likely N-dealkylation sites (N-methyl/N-ethyl adjacent to an activating group) is 2. The molecule has 1 heterocycles. The predicted octanol–water partition coefficient (Wildman–Crippen LogP) is 6.52. The van der Waals surface area contributed by atoms with Crippen LogP contribution in [0.15, 0.2) is 52.9 Å². The fraction of sp³-hybridized carbons (Fsp3) is 0.345. The van der Waals surface area contributed by atoms with Crippen molar-refractivity contribution in [1.82, 2.24) is 15.2 Å². The lowest BCUT2D eigenvalue weighted by Gasteiger charge is -2.23. The molecule has 3 aromatic rings. The molecule has 0 aliphatic rings. The maximum Gasteiger partial charge on any atom is 0.417 e. The highest BCUT2D eigenvalue weighted by molar-refractivity contribution is 7.15. The molecule has 3 rings (SSSR count). The van der Waals surface area contributed by atoms with Crippen molar-refractivity contribution in [3.63, 3.8) is 0 Å². The van der Waals surface area contributed by atoms with Gasteiger partial charge in [-0.25, -0.2) is 5.43 Å². The van der Waals surface area contributed by atoms with Crippen LogP contribution in [0.4, 0.5) is 18.2 Å². The van der Waals surface area contributed by atoms with Crippen LogP contribution in [0, 0.1) is 6.92 Å². The van der Waals surface area contributed by atoms with Gasteiger partial charge >= 0.3 is 6.18 Å². The first kappa shape index (κ1) is 32.3. The number of rotatable bonds is 12. The lowest BCUT2D eigenvalue weighted by molar-refractivity contribution is -0.137. The second kappa shape index (κ2) is 14.6. The van der Waals surface area contributed by atoms with Gasteiger partial charge in [0.25, 0.3) is 11.8 Å². The maximum absolute atomic E-state index is 13.1. The number of hydrogen-bond donors (Lipinski definition) is 2. The number of aryl methyl sites for hydroxylation is 1. The van der Waals surface area contributed by atoms with Crippen molar-refractivity contribution >= 4 is 46.0 Å². The summed E-state index contributed by atoms with van der Waals surface area (Å²) < 4.78 is 39.3. The van der Waals surface area contributed by atoms with E-state index in [1.807, 2.05) is 25.2 Å². The normalized spacial score (nSPS) is 12.0. The number of thiophene rings is 1. The molecule has 2 amide bonds. The van der Waals surface area contributed by atoms with Crippen molar-refractivity contribution in [1.29, 1.82) is 0 Å². The van der Waals surface area contributed by atoms with E-state index in [4.69, 9.17) is 11.6 Å². The first-order chi connectivity index (χ1) is 19.4. The largest absolute Gasteiger partial charge is 0.417 e. The van der Waals surface area contributed by atoms with Crippen molar-refractivity contribution in [2.45, 2.75) is 33.5 Å². The van der Waals surface area contributed by atoms with Gasteiger partial charge in [-0.3, -0.25) is 9.59 Å². The number of carbonyl (C=O) groups is 2. The summed E-state index contributed by atoms with van der Waals surface area (Å²) in [4.78, 5) is 30.5. The number of benzene rings is 2. The van der Waals surface area contributed by atoms with E-state index in [0.717, 1.165) is 50.1 Å². The average Bonchev–Trinajstić information content (AvgIpc) is 3.29. The monoisotopic (exact) mass is 607 g/mol. The Morgan fingerprint density at radius 2 is 1.80 bits per heavy atom. The van der Waals surface area contributed by atoms with Crippen LogP contribution >= 0.6 is 22.9 Å². The molecule has 0 saturated carbocycles. The molecular formula is C29H33ClF3N5O2S. The van der Waals surface area contributed by atoms with Gasteiger partial charge in [0.15, 0.2) is 0 Å². The zero-order valence-corrected chi connectivity index (χ0v) is 24.9. The number of nitrogens with zero attached hydrogens (tertiary/aromatic N) is 3. The molecule has 2 N–H and O–H groups in total. The van der Waals surface area contributed by atoms with Crippen LogP contribution in [-0.4, -0.2) is 61.1 Å². The number of amides is 2.